The third-order valence-corrected chi connectivity index (χ3v) is 5.73. The smallest absolute Gasteiger partial charge is 0.239 e. The fourth-order valence-corrected chi connectivity index (χ4v) is 4.28. The second-order valence-electron chi connectivity index (χ2n) is 7.63. The summed E-state index contributed by atoms with van der Waals surface area (Å²) in [6.45, 7) is 6.53. The standard InChI is InChI=1S/C18H31N3O2.ClH/c1-14-5-4-10-21(13-14)17(22)15-7-11-20(12-8-15)18(23)16-6-2-3-9-19-16;/h14-16,19H,2-13H2,1H3;1H. The van der Waals surface area contributed by atoms with Crippen molar-refractivity contribution >= 4 is 24.2 Å². The molecule has 138 valence electrons. The van der Waals surface area contributed by atoms with Crippen LogP contribution in [-0.2, 0) is 9.59 Å². The summed E-state index contributed by atoms with van der Waals surface area (Å²) in [4.78, 5) is 29.3. The van der Waals surface area contributed by atoms with Gasteiger partial charge in [-0.15, -0.1) is 12.4 Å². The van der Waals surface area contributed by atoms with Crippen molar-refractivity contribution in [2.75, 3.05) is 32.7 Å². The number of carbonyl (C=O) groups is 2. The van der Waals surface area contributed by atoms with Crippen molar-refractivity contribution in [3.8, 4) is 0 Å². The Labute approximate surface area is 151 Å². The Morgan fingerprint density at radius 3 is 2.25 bits per heavy atom. The van der Waals surface area contributed by atoms with Gasteiger partial charge < -0.3 is 15.1 Å². The first kappa shape index (κ1) is 19.5. The van der Waals surface area contributed by atoms with E-state index in [9.17, 15) is 9.59 Å². The topological polar surface area (TPSA) is 52.7 Å². The molecule has 2 unspecified atom stereocenters. The summed E-state index contributed by atoms with van der Waals surface area (Å²) in [7, 11) is 0. The number of piperidine rings is 3. The first-order valence-corrected chi connectivity index (χ1v) is 9.46. The molecule has 0 aromatic carbocycles. The number of amides is 2. The van der Waals surface area contributed by atoms with Gasteiger partial charge in [0, 0.05) is 32.1 Å². The Kier molecular flexibility index (Phi) is 7.35. The summed E-state index contributed by atoms with van der Waals surface area (Å²) in [5.41, 5.74) is 0. The van der Waals surface area contributed by atoms with Gasteiger partial charge in [0.2, 0.25) is 11.8 Å². The minimum Gasteiger partial charge on any atom is -0.342 e. The van der Waals surface area contributed by atoms with Gasteiger partial charge in [0.15, 0.2) is 0 Å². The molecule has 2 atom stereocenters. The number of hydrogen-bond acceptors (Lipinski definition) is 3. The molecule has 0 radical (unpaired) electrons. The van der Waals surface area contributed by atoms with E-state index in [0.717, 1.165) is 64.8 Å². The van der Waals surface area contributed by atoms with Crippen LogP contribution >= 0.6 is 12.4 Å². The van der Waals surface area contributed by atoms with Gasteiger partial charge in [0.25, 0.3) is 0 Å². The van der Waals surface area contributed by atoms with Gasteiger partial charge in [-0.2, -0.15) is 0 Å². The molecule has 24 heavy (non-hydrogen) atoms. The van der Waals surface area contributed by atoms with E-state index in [0.29, 0.717) is 11.8 Å². The number of nitrogens with zero attached hydrogens (tertiary/aromatic N) is 2. The normalized spacial score (nSPS) is 29.0. The van der Waals surface area contributed by atoms with E-state index in [4.69, 9.17) is 0 Å². The van der Waals surface area contributed by atoms with Gasteiger partial charge in [-0.3, -0.25) is 9.59 Å². The van der Waals surface area contributed by atoms with Crippen LogP contribution < -0.4 is 5.32 Å². The number of carbonyl (C=O) groups excluding carboxylic acids is 2. The molecule has 3 rings (SSSR count). The first-order chi connectivity index (χ1) is 11.1. The quantitative estimate of drug-likeness (QED) is 0.822. The number of likely N-dealkylation sites (tertiary alicyclic amines) is 2. The molecule has 0 aliphatic carbocycles. The lowest BCUT2D eigenvalue weighted by Crippen LogP contribution is -2.52. The van der Waals surface area contributed by atoms with Crippen molar-refractivity contribution in [1.29, 1.82) is 0 Å². The molecule has 3 aliphatic rings. The number of halogens is 1. The van der Waals surface area contributed by atoms with Crippen LogP contribution in [0.5, 0.6) is 0 Å². The molecule has 1 N–H and O–H groups in total. The van der Waals surface area contributed by atoms with Crippen molar-refractivity contribution in [2.24, 2.45) is 11.8 Å². The van der Waals surface area contributed by atoms with Crippen LogP contribution in [-0.4, -0.2) is 60.4 Å². The minimum absolute atomic E-state index is 0. The summed E-state index contributed by atoms with van der Waals surface area (Å²) in [5.74, 6) is 1.34. The summed E-state index contributed by atoms with van der Waals surface area (Å²) < 4.78 is 0. The minimum atomic E-state index is 0. The molecule has 6 heteroatoms. The molecule has 2 amide bonds. The molecule has 3 fully saturated rings. The number of nitrogens with one attached hydrogen (secondary N) is 1. The van der Waals surface area contributed by atoms with Crippen molar-refractivity contribution in [3.63, 3.8) is 0 Å². The zero-order valence-corrected chi connectivity index (χ0v) is 15.7. The summed E-state index contributed by atoms with van der Waals surface area (Å²) in [5, 5.41) is 3.34. The second kappa shape index (κ2) is 9.04. The van der Waals surface area contributed by atoms with Crippen LogP contribution in [0.25, 0.3) is 0 Å². The fourth-order valence-electron chi connectivity index (χ4n) is 4.28. The van der Waals surface area contributed by atoms with Gasteiger partial charge in [0.05, 0.1) is 6.04 Å². The predicted octanol–water partition coefficient (Wildman–Crippen LogP) is 2.05. The number of hydrogen-bond donors (Lipinski definition) is 1. The zero-order valence-electron chi connectivity index (χ0n) is 14.8. The van der Waals surface area contributed by atoms with Gasteiger partial charge >= 0.3 is 0 Å². The van der Waals surface area contributed by atoms with Crippen molar-refractivity contribution in [1.82, 2.24) is 15.1 Å². The molecule has 0 aromatic rings. The maximum atomic E-state index is 12.7. The van der Waals surface area contributed by atoms with Crippen LogP contribution in [0, 0.1) is 11.8 Å². The lowest BCUT2D eigenvalue weighted by atomic mass is 9.92. The molecule has 5 nitrogen and oxygen atoms in total. The number of rotatable bonds is 2. The van der Waals surface area contributed by atoms with Crippen LogP contribution in [0.15, 0.2) is 0 Å². The van der Waals surface area contributed by atoms with Crippen LogP contribution in [0.1, 0.15) is 51.9 Å². The van der Waals surface area contributed by atoms with Crippen LogP contribution in [0.2, 0.25) is 0 Å². The van der Waals surface area contributed by atoms with E-state index in [2.05, 4.69) is 17.1 Å². The molecular formula is C18H32ClN3O2. The predicted molar refractivity (Wildman–Crippen MR) is 97.2 cm³/mol. The molecule has 3 saturated heterocycles. The lowest BCUT2D eigenvalue weighted by Gasteiger charge is -2.38. The Morgan fingerprint density at radius 1 is 0.875 bits per heavy atom. The maximum absolute atomic E-state index is 12.7. The van der Waals surface area contributed by atoms with Gasteiger partial charge in [-0.05, 0) is 51.0 Å². The molecule has 3 aliphatic heterocycles. The first-order valence-electron chi connectivity index (χ1n) is 9.46. The average molecular weight is 358 g/mol. The van der Waals surface area contributed by atoms with E-state index in [1.54, 1.807) is 0 Å². The van der Waals surface area contributed by atoms with Crippen molar-refractivity contribution < 1.29 is 9.59 Å². The highest BCUT2D eigenvalue weighted by Gasteiger charge is 2.33. The van der Waals surface area contributed by atoms with E-state index in [-0.39, 0.29) is 30.3 Å². The summed E-state index contributed by atoms with van der Waals surface area (Å²) in [6, 6.07) is 0.0129. The highest BCUT2D eigenvalue weighted by atomic mass is 35.5. The van der Waals surface area contributed by atoms with Gasteiger partial charge in [-0.25, -0.2) is 0 Å². The van der Waals surface area contributed by atoms with E-state index in [1.165, 1.54) is 12.8 Å². The van der Waals surface area contributed by atoms with Crippen molar-refractivity contribution in [2.45, 2.75) is 57.9 Å². The molecule has 0 saturated carbocycles. The molecule has 0 spiro atoms. The highest BCUT2D eigenvalue weighted by Crippen LogP contribution is 2.24. The van der Waals surface area contributed by atoms with E-state index < -0.39 is 0 Å². The van der Waals surface area contributed by atoms with Gasteiger partial charge in [0.1, 0.15) is 0 Å². The van der Waals surface area contributed by atoms with Crippen molar-refractivity contribution in [3.05, 3.63) is 0 Å². The average Bonchev–Trinajstić information content (AvgIpc) is 2.61. The second-order valence-corrected chi connectivity index (χ2v) is 7.63. The molecule has 0 aromatic heterocycles. The summed E-state index contributed by atoms with van der Waals surface area (Å²) in [6.07, 6.45) is 7.33. The third kappa shape index (κ3) is 4.63. The summed E-state index contributed by atoms with van der Waals surface area (Å²) >= 11 is 0. The van der Waals surface area contributed by atoms with E-state index in [1.807, 2.05) is 4.90 Å². The SMILES string of the molecule is CC1CCCN(C(=O)C2CCN(C(=O)C3CCCCN3)CC2)C1.Cl. The Balaban J connectivity index is 0.00000208. The van der Waals surface area contributed by atoms with Crippen LogP contribution in [0.4, 0.5) is 0 Å². The maximum Gasteiger partial charge on any atom is 0.239 e. The van der Waals surface area contributed by atoms with Crippen LogP contribution in [0.3, 0.4) is 0 Å². The van der Waals surface area contributed by atoms with E-state index >= 15 is 0 Å². The Morgan fingerprint density at radius 2 is 1.62 bits per heavy atom. The molecule has 0 bridgehead atoms. The third-order valence-electron chi connectivity index (χ3n) is 5.73. The molecular weight excluding hydrogens is 326 g/mol. The zero-order chi connectivity index (χ0) is 16.2. The van der Waals surface area contributed by atoms with Gasteiger partial charge in [-0.1, -0.05) is 13.3 Å². The Bertz CT molecular complexity index is 432. The fraction of sp³-hybridized carbons (Fsp3) is 0.889. The Hall–Kier alpha value is -0.810. The monoisotopic (exact) mass is 357 g/mol. The lowest BCUT2D eigenvalue weighted by molar-refractivity contribution is -0.143. The largest absolute Gasteiger partial charge is 0.342 e. The highest BCUT2D eigenvalue weighted by molar-refractivity contribution is 5.85. The molecule has 3 heterocycles.